The number of aromatic hydroxyl groups is 1. The van der Waals surface area contributed by atoms with Crippen molar-refractivity contribution in [1.82, 2.24) is 10.3 Å². The predicted molar refractivity (Wildman–Crippen MR) is 60.1 cm³/mol. The van der Waals surface area contributed by atoms with Crippen LogP contribution in [0.3, 0.4) is 0 Å². The lowest BCUT2D eigenvalue weighted by Gasteiger charge is -2.22. The topological polar surface area (TPSA) is 48.4 Å². The smallest absolute Gasteiger partial charge is 0.170 e. The van der Waals surface area contributed by atoms with Crippen molar-refractivity contribution in [1.29, 1.82) is 0 Å². The summed E-state index contributed by atoms with van der Waals surface area (Å²) in [6.45, 7) is 3.11. The van der Waals surface area contributed by atoms with E-state index in [4.69, 9.17) is 0 Å². The molecule has 2 N–H and O–H groups in total. The van der Waals surface area contributed by atoms with Crippen molar-refractivity contribution in [2.24, 2.45) is 5.92 Å². The zero-order chi connectivity index (χ0) is 10.7. The van der Waals surface area contributed by atoms with E-state index in [1.54, 1.807) is 18.3 Å². The molecule has 0 amide bonds. The van der Waals surface area contributed by atoms with Gasteiger partial charge in [0, 0.05) is 19.8 Å². The second-order valence-electron chi connectivity index (χ2n) is 4.09. The van der Waals surface area contributed by atoms with Gasteiger partial charge in [-0.2, -0.15) is 0 Å². The van der Waals surface area contributed by atoms with Crippen molar-refractivity contribution in [3.05, 3.63) is 18.3 Å². The summed E-state index contributed by atoms with van der Waals surface area (Å²) in [6, 6.07) is 3.41. The van der Waals surface area contributed by atoms with Crippen molar-refractivity contribution >= 4 is 5.82 Å². The average molecular weight is 207 g/mol. The highest BCUT2D eigenvalue weighted by Gasteiger charge is 2.18. The van der Waals surface area contributed by atoms with Crippen LogP contribution in [0, 0.1) is 5.92 Å². The van der Waals surface area contributed by atoms with Gasteiger partial charge in [-0.15, -0.1) is 0 Å². The third kappa shape index (κ3) is 2.39. The number of hydrogen-bond donors (Lipinski definition) is 2. The minimum atomic E-state index is 0.256. The Bertz CT molecular complexity index is 323. The standard InChI is InChI=1S/C11H17N3O/c1-14(8-9-4-6-12-7-9)11-10(15)3-2-5-13-11/h2-3,5,9,12,15H,4,6-8H2,1H3/t9-/m1/s1. The van der Waals surface area contributed by atoms with Crippen LogP contribution in [-0.2, 0) is 0 Å². The highest BCUT2D eigenvalue weighted by atomic mass is 16.3. The zero-order valence-electron chi connectivity index (χ0n) is 8.98. The molecule has 0 bridgehead atoms. The van der Waals surface area contributed by atoms with Gasteiger partial charge < -0.3 is 15.3 Å². The predicted octanol–water partition coefficient (Wildman–Crippen LogP) is 0.833. The molecule has 0 saturated carbocycles. The van der Waals surface area contributed by atoms with Gasteiger partial charge in [-0.1, -0.05) is 0 Å². The Morgan fingerprint density at radius 3 is 3.20 bits per heavy atom. The van der Waals surface area contributed by atoms with E-state index >= 15 is 0 Å². The average Bonchev–Trinajstić information content (AvgIpc) is 2.71. The van der Waals surface area contributed by atoms with Crippen molar-refractivity contribution in [3.8, 4) is 5.75 Å². The summed E-state index contributed by atoms with van der Waals surface area (Å²) in [5.41, 5.74) is 0. The molecule has 0 spiro atoms. The number of rotatable bonds is 3. The van der Waals surface area contributed by atoms with E-state index in [1.807, 2.05) is 11.9 Å². The first kappa shape index (κ1) is 10.2. The van der Waals surface area contributed by atoms with Crippen molar-refractivity contribution in [3.63, 3.8) is 0 Å². The molecule has 1 atom stereocenters. The molecule has 0 aliphatic carbocycles. The molecule has 2 rings (SSSR count). The fourth-order valence-electron chi connectivity index (χ4n) is 2.03. The summed E-state index contributed by atoms with van der Waals surface area (Å²) in [4.78, 5) is 6.20. The van der Waals surface area contributed by atoms with Crippen molar-refractivity contribution in [2.45, 2.75) is 6.42 Å². The Balaban J connectivity index is 2.00. The van der Waals surface area contributed by atoms with E-state index in [0.29, 0.717) is 11.7 Å². The second kappa shape index (κ2) is 4.49. The van der Waals surface area contributed by atoms with Gasteiger partial charge in [-0.05, 0) is 37.6 Å². The first-order valence-electron chi connectivity index (χ1n) is 5.33. The van der Waals surface area contributed by atoms with Gasteiger partial charge in [0.15, 0.2) is 11.6 Å². The van der Waals surface area contributed by atoms with Crippen LogP contribution in [0.4, 0.5) is 5.82 Å². The summed E-state index contributed by atoms with van der Waals surface area (Å²) in [5.74, 6) is 1.59. The molecule has 0 aromatic carbocycles. The molecule has 1 fully saturated rings. The normalized spacial score (nSPS) is 20.5. The Kier molecular flexibility index (Phi) is 3.06. The van der Waals surface area contributed by atoms with E-state index in [0.717, 1.165) is 19.6 Å². The Morgan fingerprint density at radius 1 is 1.67 bits per heavy atom. The summed E-state index contributed by atoms with van der Waals surface area (Å²) in [6.07, 6.45) is 2.91. The largest absolute Gasteiger partial charge is 0.504 e. The number of anilines is 1. The van der Waals surface area contributed by atoms with Gasteiger partial charge in [0.1, 0.15) is 0 Å². The molecular weight excluding hydrogens is 190 g/mol. The quantitative estimate of drug-likeness (QED) is 0.771. The molecule has 1 aromatic rings. The van der Waals surface area contributed by atoms with E-state index in [9.17, 15) is 5.11 Å². The summed E-state index contributed by atoms with van der Waals surface area (Å²) < 4.78 is 0. The third-order valence-corrected chi connectivity index (χ3v) is 2.82. The highest BCUT2D eigenvalue weighted by Crippen LogP contribution is 2.23. The number of pyridine rings is 1. The maximum Gasteiger partial charge on any atom is 0.170 e. The lowest BCUT2D eigenvalue weighted by Crippen LogP contribution is -2.27. The van der Waals surface area contributed by atoms with E-state index < -0.39 is 0 Å². The molecule has 4 nitrogen and oxygen atoms in total. The number of nitrogens with zero attached hydrogens (tertiary/aromatic N) is 2. The van der Waals surface area contributed by atoms with Gasteiger partial charge in [0.05, 0.1) is 0 Å². The van der Waals surface area contributed by atoms with Crippen molar-refractivity contribution in [2.75, 3.05) is 31.6 Å². The monoisotopic (exact) mass is 207 g/mol. The van der Waals surface area contributed by atoms with Crippen LogP contribution < -0.4 is 10.2 Å². The molecule has 1 saturated heterocycles. The minimum absolute atomic E-state index is 0.256. The van der Waals surface area contributed by atoms with Gasteiger partial charge in [0.25, 0.3) is 0 Å². The molecule has 1 aliphatic rings. The number of nitrogens with one attached hydrogen (secondary N) is 1. The Hall–Kier alpha value is -1.29. The van der Waals surface area contributed by atoms with Gasteiger partial charge in [-0.3, -0.25) is 0 Å². The molecule has 0 radical (unpaired) electrons. The Labute approximate surface area is 89.9 Å². The van der Waals surface area contributed by atoms with Gasteiger partial charge in [-0.25, -0.2) is 4.98 Å². The Morgan fingerprint density at radius 2 is 2.53 bits per heavy atom. The van der Waals surface area contributed by atoms with Crippen molar-refractivity contribution < 1.29 is 5.11 Å². The third-order valence-electron chi connectivity index (χ3n) is 2.82. The van der Waals surface area contributed by atoms with Crippen LogP contribution in [0.25, 0.3) is 0 Å². The molecule has 0 unspecified atom stereocenters. The van der Waals surface area contributed by atoms with E-state index in [1.165, 1.54) is 6.42 Å². The number of hydrogen-bond acceptors (Lipinski definition) is 4. The molecule has 15 heavy (non-hydrogen) atoms. The molecule has 4 heteroatoms. The van der Waals surface area contributed by atoms with E-state index in [-0.39, 0.29) is 5.75 Å². The maximum absolute atomic E-state index is 9.64. The van der Waals surface area contributed by atoms with Crippen LogP contribution >= 0.6 is 0 Å². The lowest BCUT2D eigenvalue weighted by molar-refractivity contribution is 0.469. The summed E-state index contributed by atoms with van der Waals surface area (Å²) in [7, 11) is 1.97. The van der Waals surface area contributed by atoms with Crippen LogP contribution in [0.15, 0.2) is 18.3 Å². The lowest BCUT2D eigenvalue weighted by atomic mass is 10.1. The van der Waals surface area contributed by atoms with Gasteiger partial charge >= 0.3 is 0 Å². The first-order valence-corrected chi connectivity index (χ1v) is 5.33. The molecule has 82 valence electrons. The maximum atomic E-state index is 9.64. The molecule has 2 heterocycles. The number of aromatic nitrogens is 1. The summed E-state index contributed by atoms with van der Waals surface area (Å²) in [5, 5.41) is 13.0. The molecule has 1 aromatic heterocycles. The van der Waals surface area contributed by atoms with Crippen LogP contribution in [0.2, 0.25) is 0 Å². The van der Waals surface area contributed by atoms with Crippen LogP contribution in [0.5, 0.6) is 5.75 Å². The SMILES string of the molecule is CN(C[C@@H]1CCNC1)c1ncccc1O. The second-order valence-corrected chi connectivity index (χ2v) is 4.09. The molecular formula is C11H17N3O. The first-order chi connectivity index (χ1) is 7.27. The fraction of sp³-hybridized carbons (Fsp3) is 0.545. The molecule has 1 aliphatic heterocycles. The summed E-state index contributed by atoms with van der Waals surface area (Å²) >= 11 is 0. The highest BCUT2D eigenvalue weighted by molar-refractivity contribution is 5.50. The van der Waals surface area contributed by atoms with E-state index in [2.05, 4.69) is 10.3 Å². The van der Waals surface area contributed by atoms with Gasteiger partial charge in [0.2, 0.25) is 0 Å². The van der Waals surface area contributed by atoms with Crippen LogP contribution in [0.1, 0.15) is 6.42 Å². The minimum Gasteiger partial charge on any atom is -0.504 e. The van der Waals surface area contributed by atoms with Crippen LogP contribution in [-0.4, -0.2) is 36.8 Å². The zero-order valence-corrected chi connectivity index (χ0v) is 8.98. The fourth-order valence-corrected chi connectivity index (χ4v) is 2.03.